The molecule has 0 aliphatic rings. The van der Waals surface area contributed by atoms with E-state index in [4.69, 9.17) is 14.6 Å². The van der Waals surface area contributed by atoms with Crippen LogP contribution in [0.3, 0.4) is 0 Å². The summed E-state index contributed by atoms with van der Waals surface area (Å²) in [6.45, 7) is 3.61. The van der Waals surface area contributed by atoms with Gasteiger partial charge in [-0.15, -0.1) is 0 Å². The molecule has 2 unspecified atom stereocenters. The van der Waals surface area contributed by atoms with Crippen LogP contribution < -0.4 is 0 Å². The number of aliphatic hydroxyl groups is 1. The van der Waals surface area contributed by atoms with E-state index in [-0.39, 0.29) is 19.0 Å². The Morgan fingerprint density at radius 2 is 2.00 bits per heavy atom. The molecule has 3 heteroatoms. The van der Waals surface area contributed by atoms with Crippen molar-refractivity contribution in [2.24, 2.45) is 0 Å². The molecule has 56 valence electrons. The Morgan fingerprint density at radius 1 is 1.44 bits per heavy atom. The Labute approximate surface area is 55.6 Å². The standard InChI is InChI=1S/C6H14O3/c1-5(4-7)9-6(2)8-3/h5-7H,4H2,1-3H3. The van der Waals surface area contributed by atoms with Gasteiger partial charge < -0.3 is 14.6 Å². The highest BCUT2D eigenvalue weighted by Gasteiger charge is 2.04. The lowest BCUT2D eigenvalue weighted by Crippen LogP contribution is -2.21. The minimum atomic E-state index is -0.229. The van der Waals surface area contributed by atoms with E-state index in [1.54, 1.807) is 21.0 Å². The third-order valence-corrected chi connectivity index (χ3v) is 1.01. The summed E-state index contributed by atoms with van der Waals surface area (Å²) in [5.74, 6) is 0. The van der Waals surface area contributed by atoms with E-state index in [0.29, 0.717) is 0 Å². The molecule has 0 rings (SSSR count). The summed E-state index contributed by atoms with van der Waals surface area (Å²) in [6, 6.07) is 0. The minimum Gasteiger partial charge on any atom is -0.394 e. The second-order valence-electron chi connectivity index (χ2n) is 1.93. The highest BCUT2D eigenvalue weighted by atomic mass is 16.7. The molecule has 0 aromatic carbocycles. The molecule has 0 aromatic heterocycles. The van der Waals surface area contributed by atoms with Crippen LogP contribution in [0.25, 0.3) is 0 Å². The van der Waals surface area contributed by atoms with Crippen LogP contribution in [0.5, 0.6) is 0 Å². The molecule has 0 amide bonds. The second-order valence-corrected chi connectivity index (χ2v) is 1.93. The Morgan fingerprint density at radius 3 is 2.33 bits per heavy atom. The fraction of sp³-hybridized carbons (Fsp3) is 1.00. The van der Waals surface area contributed by atoms with Crippen molar-refractivity contribution in [1.82, 2.24) is 0 Å². The van der Waals surface area contributed by atoms with Crippen molar-refractivity contribution < 1.29 is 14.6 Å². The highest BCUT2D eigenvalue weighted by Crippen LogP contribution is 1.96. The molecule has 0 saturated heterocycles. The van der Waals surface area contributed by atoms with Crippen LogP contribution in [-0.2, 0) is 9.47 Å². The predicted octanol–water partition coefficient (Wildman–Crippen LogP) is 0.376. The maximum absolute atomic E-state index is 8.50. The van der Waals surface area contributed by atoms with Crippen LogP contribution in [0.1, 0.15) is 13.8 Å². The normalized spacial score (nSPS) is 17.3. The SMILES string of the molecule is COC(C)OC(C)CO. The number of hydrogen-bond acceptors (Lipinski definition) is 3. The monoisotopic (exact) mass is 134 g/mol. The first-order valence-corrected chi connectivity index (χ1v) is 2.99. The topological polar surface area (TPSA) is 38.7 Å². The number of rotatable bonds is 4. The van der Waals surface area contributed by atoms with Gasteiger partial charge in [0.05, 0.1) is 12.7 Å². The van der Waals surface area contributed by atoms with Gasteiger partial charge in [0.15, 0.2) is 6.29 Å². The van der Waals surface area contributed by atoms with Gasteiger partial charge in [-0.05, 0) is 13.8 Å². The maximum atomic E-state index is 8.50. The lowest BCUT2D eigenvalue weighted by Gasteiger charge is -2.14. The molecular formula is C6H14O3. The van der Waals surface area contributed by atoms with E-state index in [0.717, 1.165) is 0 Å². The van der Waals surface area contributed by atoms with Crippen LogP contribution in [0.2, 0.25) is 0 Å². The van der Waals surface area contributed by atoms with Gasteiger partial charge in [0, 0.05) is 7.11 Å². The fourth-order valence-electron chi connectivity index (χ4n) is 0.426. The maximum Gasteiger partial charge on any atom is 0.154 e. The van der Waals surface area contributed by atoms with E-state index in [1.807, 2.05) is 0 Å². The average molecular weight is 134 g/mol. The zero-order valence-corrected chi connectivity index (χ0v) is 6.13. The molecule has 0 heterocycles. The highest BCUT2D eigenvalue weighted by molar-refractivity contribution is 4.44. The number of hydrogen-bond donors (Lipinski definition) is 1. The molecule has 0 spiro atoms. The Balaban J connectivity index is 3.22. The smallest absolute Gasteiger partial charge is 0.154 e. The summed E-state index contributed by atoms with van der Waals surface area (Å²) in [4.78, 5) is 0. The van der Waals surface area contributed by atoms with Gasteiger partial charge in [-0.1, -0.05) is 0 Å². The summed E-state index contributed by atoms with van der Waals surface area (Å²) in [5.41, 5.74) is 0. The first kappa shape index (κ1) is 8.88. The van der Waals surface area contributed by atoms with E-state index < -0.39 is 0 Å². The molecule has 0 bridgehead atoms. The second kappa shape index (κ2) is 4.73. The predicted molar refractivity (Wildman–Crippen MR) is 34.1 cm³/mol. The van der Waals surface area contributed by atoms with Crippen molar-refractivity contribution in [2.75, 3.05) is 13.7 Å². The first-order valence-electron chi connectivity index (χ1n) is 2.99. The molecule has 2 atom stereocenters. The van der Waals surface area contributed by atoms with Gasteiger partial charge in [0.1, 0.15) is 0 Å². The van der Waals surface area contributed by atoms with Gasteiger partial charge in [-0.25, -0.2) is 0 Å². The first-order chi connectivity index (χ1) is 4.20. The van der Waals surface area contributed by atoms with E-state index >= 15 is 0 Å². The molecule has 0 saturated carbocycles. The Hall–Kier alpha value is -0.120. The lowest BCUT2D eigenvalue weighted by molar-refractivity contribution is -0.148. The van der Waals surface area contributed by atoms with Crippen LogP contribution in [-0.4, -0.2) is 31.2 Å². The zero-order chi connectivity index (χ0) is 7.28. The molecule has 9 heavy (non-hydrogen) atoms. The molecule has 1 N–H and O–H groups in total. The summed E-state index contributed by atoms with van der Waals surface area (Å²) in [6.07, 6.45) is -0.368. The van der Waals surface area contributed by atoms with Crippen molar-refractivity contribution in [3.05, 3.63) is 0 Å². The summed E-state index contributed by atoms with van der Waals surface area (Å²) in [5, 5.41) is 8.50. The average Bonchev–Trinajstić information content (AvgIpc) is 1.87. The van der Waals surface area contributed by atoms with Crippen LogP contribution in [0.4, 0.5) is 0 Å². The molecule has 0 aliphatic carbocycles. The third kappa shape index (κ3) is 4.39. The molecular weight excluding hydrogens is 120 g/mol. The van der Waals surface area contributed by atoms with Crippen LogP contribution in [0.15, 0.2) is 0 Å². The number of ether oxygens (including phenoxy) is 2. The minimum absolute atomic E-state index is 0.0354. The van der Waals surface area contributed by atoms with Crippen molar-refractivity contribution >= 4 is 0 Å². The fourth-order valence-corrected chi connectivity index (χ4v) is 0.426. The van der Waals surface area contributed by atoms with E-state index in [2.05, 4.69) is 0 Å². The number of aliphatic hydroxyl groups excluding tert-OH is 1. The van der Waals surface area contributed by atoms with E-state index in [1.165, 1.54) is 0 Å². The zero-order valence-electron chi connectivity index (χ0n) is 6.13. The molecule has 0 fully saturated rings. The lowest BCUT2D eigenvalue weighted by atomic mass is 10.4. The summed E-state index contributed by atoms with van der Waals surface area (Å²) in [7, 11) is 1.56. The molecule has 3 nitrogen and oxygen atoms in total. The van der Waals surface area contributed by atoms with Gasteiger partial charge in [0.2, 0.25) is 0 Å². The largest absolute Gasteiger partial charge is 0.394 e. The summed E-state index contributed by atoms with van der Waals surface area (Å²) >= 11 is 0. The van der Waals surface area contributed by atoms with Crippen molar-refractivity contribution in [2.45, 2.75) is 26.2 Å². The Kier molecular flexibility index (Phi) is 4.67. The van der Waals surface area contributed by atoms with Gasteiger partial charge in [-0.3, -0.25) is 0 Å². The quantitative estimate of drug-likeness (QED) is 0.565. The van der Waals surface area contributed by atoms with Crippen LogP contribution >= 0.6 is 0 Å². The van der Waals surface area contributed by atoms with Crippen molar-refractivity contribution in [3.63, 3.8) is 0 Å². The van der Waals surface area contributed by atoms with Crippen molar-refractivity contribution in [3.8, 4) is 0 Å². The Bertz CT molecular complexity index is 57.3. The number of methoxy groups -OCH3 is 1. The third-order valence-electron chi connectivity index (χ3n) is 1.01. The van der Waals surface area contributed by atoms with Crippen molar-refractivity contribution in [1.29, 1.82) is 0 Å². The van der Waals surface area contributed by atoms with Gasteiger partial charge >= 0.3 is 0 Å². The molecule has 0 aliphatic heterocycles. The summed E-state index contributed by atoms with van der Waals surface area (Å²) < 4.78 is 9.87. The van der Waals surface area contributed by atoms with Gasteiger partial charge in [0.25, 0.3) is 0 Å². The van der Waals surface area contributed by atoms with E-state index in [9.17, 15) is 0 Å². The van der Waals surface area contributed by atoms with Gasteiger partial charge in [-0.2, -0.15) is 0 Å². The molecule has 0 aromatic rings. The molecule has 0 radical (unpaired) electrons. The van der Waals surface area contributed by atoms with Crippen LogP contribution in [0, 0.1) is 0 Å².